The summed E-state index contributed by atoms with van der Waals surface area (Å²) in [5.41, 5.74) is 2.98. The largest absolute Gasteiger partial charge is 0.480 e. The number of aliphatic carboxylic acids is 1. The zero-order valence-corrected chi connectivity index (χ0v) is 23.7. The number of amides is 1. The summed E-state index contributed by atoms with van der Waals surface area (Å²) in [7, 11) is -3.71. The Hall–Kier alpha value is -4.85. The fraction of sp³-hybridized carbons (Fsp3) is 0.214. The highest BCUT2D eigenvalue weighted by molar-refractivity contribution is 7.92. The topological polar surface area (TPSA) is 135 Å². The zero-order chi connectivity index (χ0) is 30.6. The van der Waals surface area contributed by atoms with Crippen molar-refractivity contribution in [3.8, 4) is 22.4 Å². The third-order valence-electron chi connectivity index (χ3n) is 6.36. The van der Waals surface area contributed by atoms with E-state index in [1.54, 1.807) is 48.3 Å². The van der Waals surface area contributed by atoms with Gasteiger partial charge in [0.1, 0.15) is 28.8 Å². The van der Waals surface area contributed by atoms with Gasteiger partial charge in [-0.15, -0.1) is 0 Å². The number of hydrogen-bond donors (Lipinski definition) is 1. The summed E-state index contributed by atoms with van der Waals surface area (Å²) in [6, 6.07) is 10.3. The maximum absolute atomic E-state index is 14.8. The van der Waals surface area contributed by atoms with E-state index in [-0.39, 0.29) is 5.69 Å². The molecule has 1 N–H and O–H groups in total. The number of ether oxygens (including phenoxy) is 1. The maximum Gasteiger partial charge on any atom is 0.411 e. The summed E-state index contributed by atoms with van der Waals surface area (Å²) in [4.78, 5) is 27.3. The minimum absolute atomic E-state index is 0.00317. The van der Waals surface area contributed by atoms with Crippen LogP contribution >= 0.6 is 0 Å². The molecular formula is C28H27F2N5O6S. The van der Waals surface area contributed by atoms with Gasteiger partial charge in [-0.05, 0) is 61.4 Å². The van der Waals surface area contributed by atoms with Gasteiger partial charge >= 0.3 is 12.1 Å². The van der Waals surface area contributed by atoms with E-state index in [1.165, 1.54) is 6.07 Å². The summed E-state index contributed by atoms with van der Waals surface area (Å²) in [6.45, 7) is 2.40. The monoisotopic (exact) mass is 599 g/mol. The van der Waals surface area contributed by atoms with Gasteiger partial charge in [0, 0.05) is 43.3 Å². The van der Waals surface area contributed by atoms with Crippen LogP contribution < -0.4 is 4.31 Å². The minimum atomic E-state index is -4.86. The molecule has 11 nitrogen and oxygen atoms in total. The molecule has 2 aromatic carbocycles. The van der Waals surface area contributed by atoms with Gasteiger partial charge in [0.15, 0.2) is 6.73 Å². The van der Waals surface area contributed by atoms with E-state index in [0.717, 1.165) is 29.1 Å². The van der Waals surface area contributed by atoms with Crippen LogP contribution in [0.4, 0.5) is 19.3 Å². The Bertz CT molecular complexity index is 1730. The Morgan fingerprint density at radius 3 is 2.45 bits per heavy atom. The van der Waals surface area contributed by atoms with Crippen molar-refractivity contribution in [3.05, 3.63) is 84.3 Å². The van der Waals surface area contributed by atoms with Crippen LogP contribution in [0.3, 0.4) is 0 Å². The van der Waals surface area contributed by atoms with Crippen LogP contribution in [-0.2, 0) is 26.1 Å². The van der Waals surface area contributed by atoms with Gasteiger partial charge in [-0.25, -0.2) is 26.3 Å². The highest BCUT2D eigenvalue weighted by Gasteiger charge is 2.32. The number of benzene rings is 2. The molecule has 4 rings (SSSR count). The number of carbonyl (C=O) groups excluding carboxylic acids is 1. The van der Waals surface area contributed by atoms with Crippen LogP contribution in [0.25, 0.3) is 22.4 Å². The lowest BCUT2D eigenvalue weighted by Crippen LogP contribution is -2.39. The molecule has 0 atom stereocenters. The lowest BCUT2D eigenvalue weighted by atomic mass is 9.98. The Morgan fingerprint density at radius 2 is 1.79 bits per heavy atom. The number of halogens is 2. The smallest absolute Gasteiger partial charge is 0.411 e. The van der Waals surface area contributed by atoms with Crippen LogP contribution in [0.15, 0.2) is 72.0 Å². The Balaban J connectivity index is 1.85. The Morgan fingerprint density at radius 1 is 1.07 bits per heavy atom. The van der Waals surface area contributed by atoms with Gasteiger partial charge in [0.2, 0.25) is 0 Å². The Labute approximate surface area is 240 Å². The van der Waals surface area contributed by atoms with Crippen LogP contribution in [0.2, 0.25) is 0 Å². The number of hydrogen-bond acceptors (Lipinski definition) is 7. The van der Waals surface area contributed by atoms with E-state index < -0.39 is 51.9 Å². The first kappa shape index (κ1) is 30.1. The predicted octanol–water partition coefficient (Wildman–Crippen LogP) is 4.52. The fourth-order valence-electron chi connectivity index (χ4n) is 4.23. The van der Waals surface area contributed by atoms with Crippen molar-refractivity contribution >= 4 is 27.8 Å². The molecule has 0 aliphatic heterocycles. The second-order valence-corrected chi connectivity index (χ2v) is 11.0. The fourth-order valence-corrected chi connectivity index (χ4v) is 5.69. The van der Waals surface area contributed by atoms with Crippen molar-refractivity contribution < 1.29 is 36.6 Å². The van der Waals surface area contributed by atoms with Crippen molar-refractivity contribution in [2.24, 2.45) is 0 Å². The number of sulfonamides is 1. The van der Waals surface area contributed by atoms with Crippen molar-refractivity contribution in [2.75, 3.05) is 24.6 Å². The molecule has 0 unspecified atom stereocenters. The summed E-state index contributed by atoms with van der Waals surface area (Å²) < 4.78 is 63.9. The van der Waals surface area contributed by atoms with Crippen molar-refractivity contribution in [2.45, 2.75) is 25.3 Å². The first-order valence-electron chi connectivity index (χ1n) is 12.6. The molecule has 2 aromatic heterocycles. The summed E-state index contributed by atoms with van der Waals surface area (Å²) in [6.07, 6.45) is 3.95. The normalized spacial score (nSPS) is 11.3. The Kier molecular flexibility index (Phi) is 8.85. The number of rotatable bonds is 10. The van der Waals surface area contributed by atoms with Crippen molar-refractivity contribution in [1.82, 2.24) is 19.7 Å². The van der Waals surface area contributed by atoms with E-state index in [1.807, 2.05) is 13.1 Å². The van der Waals surface area contributed by atoms with E-state index in [2.05, 4.69) is 10.1 Å². The molecule has 0 radical (unpaired) electrons. The first-order chi connectivity index (χ1) is 19.9. The number of nitrogens with zero attached hydrogens (tertiary/aromatic N) is 5. The number of carbonyl (C=O) groups is 2. The van der Waals surface area contributed by atoms with E-state index >= 15 is 0 Å². The number of aryl methyl sites for hydroxylation is 1. The lowest BCUT2D eigenvalue weighted by Gasteiger charge is -2.27. The molecule has 42 heavy (non-hydrogen) atoms. The number of likely N-dealkylation sites (N-methyl/N-ethyl adjacent to an activating group) is 1. The van der Waals surface area contributed by atoms with Gasteiger partial charge in [0.25, 0.3) is 10.0 Å². The number of carboxylic acid groups (broad SMARTS) is 1. The van der Waals surface area contributed by atoms with Crippen LogP contribution in [0.1, 0.15) is 12.5 Å². The predicted molar refractivity (Wildman–Crippen MR) is 149 cm³/mol. The molecule has 0 fully saturated rings. The molecule has 2 heterocycles. The van der Waals surface area contributed by atoms with Crippen LogP contribution in [-0.4, -0.2) is 65.6 Å². The third-order valence-corrected chi connectivity index (χ3v) is 8.11. The average molecular weight is 600 g/mol. The molecule has 0 saturated carbocycles. The van der Waals surface area contributed by atoms with E-state index in [9.17, 15) is 26.8 Å². The number of pyridine rings is 1. The van der Waals surface area contributed by atoms with Crippen LogP contribution in [0.5, 0.6) is 0 Å². The van der Waals surface area contributed by atoms with Gasteiger partial charge in [0.05, 0.1) is 5.69 Å². The van der Waals surface area contributed by atoms with Gasteiger partial charge in [-0.1, -0.05) is 12.1 Å². The van der Waals surface area contributed by atoms with Crippen molar-refractivity contribution in [1.29, 1.82) is 0 Å². The van der Waals surface area contributed by atoms with Crippen LogP contribution in [0, 0.1) is 18.6 Å². The SMILES string of the molecule is CCn1cc(-c2ccncc2)c(-c2cccc(N(COC(=O)N(C)CC(=O)O)S(=O)(=O)c3cc(F)ccc3F)c2C)n1. The standard InChI is InChI=1S/C28H27F2N5O6S/c1-4-34-15-22(19-10-12-31-13-11-19)27(32-34)21-6-5-7-24(18(21)2)35(17-41-28(38)33(3)16-26(36)37)42(39,40)25-14-20(29)8-9-23(25)30/h5-15H,4,16-17H2,1-3H3,(H,36,37). The maximum atomic E-state index is 14.8. The quantitative estimate of drug-likeness (QED) is 0.263. The molecular weight excluding hydrogens is 572 g/mol. The molecule has 14 heteroatoms. The first-order valence-corrected chi connectivity index (χ1v) is 14.0. The second-order valence-electron chi connectivity index (χ2n) is 9.15. The molecule has 1 amide bonds. The number of anilines is 1. The molecule has 0 bridgehead atoms. The minimum Gasteiger partial charge on any atom is -0.480 e. The summed E-state index contributed by atoms with van der Waals surface area (Å²) in [5, 5.41) is 13.7. The highest BCUT2D eigenvalue weighted by atomic mass is 32.2. The third kappa shape index (κ3) is 6.22. The average Bonchev–Trinajstić information content (AvgIpc) is 3.39. The molecule has 220 valence electrons. The highest BCUT2D eigenvalue weighted by Crippen LogP contribution is 2.38. The molecule has 0 aliphatic rings. The van der Waals surface area contributed by atoms with Gasteiger partial charge in [-0.3, -0.25) is 14.5 Å². The summed E-state index contributed by atoms with van der Waals surface area (Å²) in [5.74, 6) is -3.53. The second kappa shape index (κ2) is 12.3. The van der Waals surface area contributed by atoms with E-state index in [4.69, 9.17) is 9.84 Å². The molecule has 0 aliphatic carbocycles. The molecule has 0 spiro atoms. The molecule has 4 aromatic rings. The van der Waals surface area contributed by atoms with Gasteiger partial charge in [-0.2, -0.15) is 5.10 Å². The van der Waals surface area contributed by atoms with Crippen molar-refractivity contribution in [3.63, 3.8) is 0 Å². The zero-order valence-electron chi connectivity index (χ0n) is 22.9. The number of carboxylic acids is 1. The number of aromatic nitrogens is 3. The summed E-state index contributed by atoms with van der Waals surface area (Å²) >= 11 is 0. The molecule has 0 saturated heterocycles. The van der Waals surface area contributed by atoms with E-state index in [0.29, 0.717) is 39.8 Å². The van der Waals surface area contributed by atoms with Gasteiger partial charge < -0.3 is 14.7 Å². The lowest BCUT2D eigenvalue weighted by molar-refractivity contribution is -0.137.